The maximum absolute atomic E-state index is 13.1. The maximum atomic E-state index is 13.1. The lowest BCUT2D eigenvalue weighted by Gasteiger charge is -2.23. The van der Waals surface area contributed by atoms with Gasteiger partial charge in [-0.1, -0.05) is 41.1 Å². The second-order valence-corrected chi connectivity index (χ2v) is 6.16. The minimum absolute atomic E-state index is 0.0122. The van der Waals surface area contributed by atoms with Gasteiger partial charge in [0.05, 0.1) is 11.4 Å². The number of anilines is 1. The van der Waals surface area contributed by atoms with Crippen molar-refractivity contribution in [2.45, 2.75) is 20.3 Å². The smallest absolute Gasteiger partial charge is 0.258 e. The van der Waals surface area contributed by atoms with Crippen LogP contribution in [-0.2, 0) is 6.42 Å². The molecule has 2 aromatic carbocycles. The number of aromatic nitrogens is 1. The summed E-state index contributed by atoms with van der Waals surface area (Å²) in [4.78, 5) is 14.9. The van der Waals surface area contributed by atoms with Crippen molar-refractivity contribution < 1.29 is 9.32 Å². The fourth-order valence-corrected chi connectivity index (χ4v) is 3.25. The Hall–Kier alpha value is -2.88. The highest BCUT2D eigenvalue weighted by Crippen LogP contribution is 2.38. The molecule has 4 nitrogen and oxygen atoms in total. The predicted octanol–water partition coefficient (Wildman–Crippen LogP) is 4.16. The van der Waals surface area contributed by atoms with Gasteiger partial charge < -0.3 is 9.42 Å². The van der Waals surface area contributed by atoms with Crippen molar-refractivity contribution in [3.8, 4) is 11.1 Å². The number of hydrogen-bond donors (Lipinski definition) is 0. The van der Waals surface area contributed by atoms with Gasteiger partial charge in [-0.05, 0) is 32.0 Å². The van der Waals surface area contributed by atoms with Gasteiger partial charge in [0.25, 0.3) is 5.91 Å². The first kappa shape index (κ1) is 14.7. The van der Waals surface area contributed by atoms with Crippen LogP contribution in [0.1, 0.15) is 27.4 Å². The van der Waals surface area contributed by atoms with E-state index in [2.05, 4.69) is 5.16 Å². The summed E-state index contributed by atoms with van der Waals surface area (Å²) in [6.45, 7) is 4.53. The summed E-state index contributed by atoms with van der Waals surface area (Å²) >= 11 is 0. The molecule has 0 bridgehead atoms. The molecule has 2 heterocycles. The Labute approximate surface area is 140 Å². The Kier molecular flexibility index (Phi) is 3.45. The zero-order valence-corrected chi connectivity index (χ0v) is 13.7. The quantitative estimate of drug-likeness (QED) is 0.677. The molecule has 120 valence electrons. The Morgan fingerprint density at radius 2 is 1.83 bits per heavy atom. The van der Waals surface area contributed by atoms with Gasteiger partial charge in [-0.15, -0.1) is 0 Å². The van der Waals surface area contributed by atoms with Crippen molar-refractivity contribution in [2.24, 2.45) is 0 Å². The first-order chi connectivity index (χ1) is 11.6. The minimum Gasteiger partial charge on any atom is -0.360 e. The summed E-state index contributed by atoms with van der Waals surface area (Å²) in [5.74, 6) is 0.859. The molecule has 0 aliphatic carbocycles. The first-order valence-corrected chi connectivity index (χ1v) is 8.08. The maximum Gasteiger partial charge on any atom is 0.258 e. The number of nitrogens with zero attached hydrogens (tertiary/aromatic N) is 2. The molecule has 0 atom stereocenters. The number of amides is 1. The van der Waals surface area contributed by atoms with Crippen LogP contribution >= 0.6 is 0 Å². The molecule has 1 amide bonds. The average Bonchev–Trinajstić information content (AvgIpc) is 2.87. The third kappa shape index (κ3) is 2.31. The summed E-state index contributed by atoms with van der Waals surface area (Å²) in [6, 6.07) is 15.7. The zero-order valence-electron chi connectivity index (χ0n) is 13.7. The fourth-order valence-electron chi connectivity index (χ4n) is 3.25. The molecule has 0 N–H and O–H groups in total. The van der Waals surface area contributed by atoms with Crippen molar-refractivity contribution in [3.05, 3.63) is 71.1 Å². The van der Waals surface area contributed by atoms with E-state index in [0.29, 0.717) is 18.5 Å². The summed E-state index contributed by atoms with van der Waals surface area (Å²) in [5.41, 5.74) is 5.64. The first-order valence-electron chi connectivity index (χ1n) is 8.08. The van der Waals surface area contributed by atoms with Crippen molar-refractivity contribution in [2.75, 3.05) is 11.4 Å². The number of hydrogen-bond acceptors (Lipinski definition) is 3. The molecule has 0 unspecified atom stereocenters. The van der Waals surface area contributed by atoms with Gasteiger partial charge in [-0.25, -0.2) is 0 Å². The Morgan fingerprint density at radius 3 is 2.62 bits per heavy atom. The molecule has 4 rings (SSSR count). The molecule has 0 saturated carbocycles. The molecular formula is C20H18N2O2. The summed E-state index contributed by atoms with van der Waals surface area (Å²) in [6.07, 6.45) is 0.655. The van der Waals surface area contributed by atoms with Gasteiger partial charge in [0, 0.05) is 29.7 Å². The van der Waals surface area contributed by atoms with Crippen molar-refractivity contribution in [1.29, 1.82) is 0 Å². The monoisotopic (exact) mass is 318 g/mol. The number of benzene rings is 2. The fraction of sp³-hybridized carbons (Fsp3) is 0.200. The van der Waals surface area contributed by atoms with E-state index in [1.807, 2.05) is 67.3 Å². The highest BCUT2D eigenvalue weighted by atomic mass is 16.5. The second-order valence-electron chi connectivity index (χ2n) is 6.16. The van der Waals surface area contributed by atoms with Crippen LogP contribution in [0.3, 0.4) is 0 Å². The van der Waals surface area contributed by atoms with E-state index in [4.69, 9.17) is 4.52 Å². The average molecular weight is 318 g/mol. The van der Waals surface area contributed by atoms with Crippen LogP contribution in [0.2, 0.25) is 0 Å². The van der Waals surface area contributed by atoms with Gasteiger partial charge in [-0.3, -0.25) is 4.79 Å². The number of fused-ring (bicyclic) bond motifs is 3. The van der Waals surface area contributed by atoms with E-state index in [1.165, 1.54) is 0 Å². The van der Waals surface area contributed by atoms with Crippen molar-refractivity contribution in [1.82, 2.24) is 5.16 Å². The van der Waals surface area contributed by atoms with E-state index in [0.717, 1.165) is 33.8 Å². The molecule has 0 spiro atoms. The van der Waals surface area contributed by atoms with Crippen LogP contribution in [0, 0.1) is 13.8 Å². The lowest BCUT2D eigenvalue weighted by Crippen LogP contribution is -2.32. The predicted molar refractivity (Wildman–Crippen MR) is 93.2 cm³/mol. The summed E-state index contributed by atoms with van der Waals surface area (Å²) < 4.78 is 5.49. The van der Waals surface area contributed by atoms with E-state index < -0.39 is 0 Å². The van der Waals surface area contributed by atoms with Crippen LogP contribution in [0.5, 0.6) is 0 Å². The largest absolute Gasteiger partial charge is 0.360 e. The molecule has 24 heavy (non-hydrogen) atoms. The van der Waals surface area contributed by atoms with E-state index in [1.54, 1.807) is 0 Å². The van der Waals surface area contributed by atoms with Gasteiger partial charge in [-0.2, -0.15) is 0 Å². The molecule has 1 aliphatic rings. The van der Waals surface area contributed by atoms with Crippen molar-refractivity contribution >= 4 is 11.6 Å². The zero-order chi connectivity index (χ0) is 16.7. The molecule has 3 aromatic rings. The highest BCUT2D eigenvalue weighted by Gasteiger charge is 2.28. The number of aryl methyl sites for hydroxylation is 2. The standard InChI is InChI=1S/C20H18N2O2/c1-13-7-9-15(10-8-13)20(23)22-12-11-18-19(14(2)21-24-18)16-5-3-4-6-17(16)22/h3-10H,11-12H2,1-2H3. The topological polar surface area (TPSA) is 46.3 Å². The van der Waals surface area contributed by atoms with Gasteiger partial charge in [0.2, 0.25) is 0 Å². The molecular weight excluding hydrogens is 300 g/mol. The van der Waals surface area contributed by atoms with Crippen LogP contribution in [0.25, 0.3) is 11.1 Å². The number of carbonyl (C=O) groups excluding carboxylic acids is 1. The second kappa shape index (κ2) is 5.64. The van der Waals surface area contributed by atoms with Gasteiger partial charge in [0.1, 0.15) is 5.76 Å². The number of carbonyl (C=O) groups is 1. The molecule has 0 radical (unpaired) electrons. The SMILES string of the molecule is Cc1ccc(C(=O)N2CCc3onc(C)c3-c3ccccc32)cc1. The molecule has 0 fully saturated rings. The third-order valence-corrected chi connectivity index (χ3v) is 4.50. The van der Waals surface area contributed by atoms with Gasteiger partial charge in [0.15, 0.2) is 0 Å². The molecule has 1 aliphatic heterocycles. The normalized spacial score (nSPS) is 13.2. The Balaban J connectivity index is 1.82. The Morgan fingerprint density at radius 1 is 1.08 bits per heavy atom. The van der Waals surface area contributed by atoms with Crippen molar-refractivity contribution in [3.63, 3.8) is 0 Å². The Bertz CT molecular complexity index is 910. The third-order valence-electron chi connectivity index (χ3n) is 4.50. The number of para-hydroxylation sites is 1. The minimum atomic E-state index is 0.0122. The molecule has 0 saturated heterocycles. The van der Waals surface area contributed by atoms with E-state index in [-0.39, 0.29) is 5.91 Å². The number of rotatable bonds is 1. The lowest BCUT2D eigenvalue weighted by atomic mass is 10.0. The lowest BCUT2D eigenvalue weighted by molar-refractivity contribution is 0.0987. The van der Waals surface area contributed by atoms with Crippen LogP contribution in [0.4, 0.5) is 5.69 Å². The van der Waals surface area contributed by atoms with Crippen LogP contribution in [0.15, 0.2) is 53.1 Å². The summed E-state index contributed by atoms with van der Waals surface area (Å²) in [7, 11) is 0. The van der Waals surface area contributed by atoms with Crippen LogP contribution < -0.4 is 4.90 Å². The summed E-state index contributed by atoms with van der Waals surface area (Å²) in [5, 5.41) is 4.10. The van der Waals surface area contributed by atoms with Crippen LogP contribution in [-0.4, -0.2) is 17.6 Å². The molecule has 1 aromatic heterocycles. The highest BCUT2D eigenvalue weighted by molar-refractivity contribution is 6.08. The van der Waals surface area contributed by atoms with E-state index >= 15 is 0 Å². The van der Waals surface area contributed by atoms with E-state index in [9.17, 15) is 4.79 Å². The van der Waals surface area contributed by atoms with Gasteiger partial charge >= 0.3 is 0 Å². The molecule has 4 heteroatoms.